The molecule has 3 aromatic carbocycles. The number of rotatable bonds is 4. The van der Waals surface area contributed by atoms with E-state index < -0.39 is 18.1 Å². The first-order valence-electron chi connectivity index (χ1n) is 10.8. The molecule has 0 N–H and O–H groups in total. The van der Waals surface area contributed by atoms with Gasteiger partial charge in [0.15, 0.2) is 6.10 Å². The molecular formula is C26H24ClN3O3. The summed E-state index contributed by atoms with van der Waals surface area (Å²) in [5.74, 6) is -1.33. The van der Waals surface area contributed by atoms with E-state index in [0.29, 0.717) is 16.3 Å². The highest BCUT2D eigenvalue weighted by Gasteiger charge is 2.60. The summed E-state index contributed by atoms with van der Waals surface area (Å²) < 4.78 is 0. The molecule has 33 heavy (non-hydrogen) atoms. The van der Waals surface area contributed by atoms with Crippen molar-refractivity contribution in [3.63, 3.8) is 0 Å². The van der Waals surface area contributed by atoms with E-state index in [1.807, 2.05) is 73.6 Å². The lowest BCUT2D eigenvalue weighted by atomic mass is 9.90. The number of halogens is 1. The number of imide groups is 1. The third-order valence-electron chi connectivity index (χ3n) is 6.36. The highest BCUT2D eigenvalue weighted by molar-refractivity contribution is 6.32. The monoisotopic (exact) mass is 461 g/mol. The van der Waals surface area contributed by atoms with Crippen molar-refractivity contribution in [1.82, 2.24) is 0 Å². The third-order valence-corrected chi connectivity index (χ3v) is 6.77. The van der Waals surface area contributed by atoms with Crippen molar-refractivity contribution in [2.24, 2.45) is 5.92 Å². The number of hydrogen-bond acceptors (Lipinski definition) is 5. The Balaban J connectivity index is 1.59. The molecule has 2 aliphatic rings. The van der Waals surface area contributed by atoms with Gasteiger partial charge in [-0.2, -0.15) is 0 Å². The fraction of sp³-hybridized carbons (Fsp3) is 0.231. The van der Waals surface area contributed by atoms with Crippen molar-refractivity contribution >= 4 is 40.5 Å². The minimum absolute atomic E-state index is 0.282. The van der Waals surface area contributed by atoms with Crippen molar-refractivity contribution in [1.29, 1.82) is 0 Å². The van der Waals surface area contributed by atoms with Gasteiger partial charge >= 0.3 is 0 Å². The highest BCUT2D eigenvalue weighted by atomic mass is 35.5. The molecule has 168 valence electrons. The van der Waals surface area contributed by atoms with Crippen LogP contribution in [0.4, 0.5) is 17.1 Å². The number of fused-ring (bicyclic) bond motifs is 1. The average molecular weight is 462 g/mol. The zero-order valence-corrected chi connectivity index (χ0v) is 19.4. The van der Waals surface area contributed by atoms with Crippen molar-refractivity contribution < 1.29 is 14.4 Å². The molecule has 6 nitrogen and oxygen atoms in total. The van der Waals surface area contributed by atoms with Gasteiger partial charge in [0.1, 0.15) is 5.92 Å². The fourth-order valence-corrected chi connectivity index (χ4v) is 4.77. The van der Waals surface area contributed by atoms with E-state index >= 15 is 0 Å². The van der Waals surface area contributed by atoms with Crippen LogP contribution in [0.25, 0.3) is 0 Å². The van der Waals surface area contributed by atoms with Crippen LogP contribution in [-0.4, -0.2) is 32.0 Å². The second-order valence-corrected chi connectivity index (χ2v) is 8.95. The van der Waals surface area contributed by atoms with E-state index in [2.05, 4.69) is 0 Å². The number of hydrogen-bond donors (Lipinski definition) is 0. The van der Waals surface area contributed by atoms with Crippen LogP contribution in [-0.2, 0) is 14.4 Å². The Bertz CT molecular complexity index is 1210. The van der Waals surface area contributed by atoms with Crippen molar-refractivity contribution in [2.45, 2.75) is 19.1 Å². The number of amides is 2. The maximum Gasteiger partial charge on any atom is 0.266 e. The van der Waals surface area contributed by atoms with Gasteiger partial charge in [-0.05, 0) is 54.4 Å². The molecule has 0 radical (unpaired) electrons. The lowest BCUT2D eigenvalue weighted by Crippen LogP contribution is -2.37. The third kappa shape index (κ3) is 3.46. The molecule has 7 heteroatoms. The van der Waals surface area contributed by atoms with Gasteiger partial charge in [0.25, 0.3) is 5.91 Å². The van der Waals surface area contributed by atoms with E-state index in [9.17, 15) is 9.59 Å². The van der Waals surface area contributed by atoms with E-state index in [-0.39, 0.29) is 11.8 Å². The minimum Gasteiger partial charge on any atom is -0.378 e. The van der Waals surface area contributed by atoms with Gasteiger partial charge in [-0.1, -0.05) is 48.0 Å². The largest absolute Gasteiger partial charge is 0.378 e. The Morgan fingerprint density at radius 2 is 1.58 bits per heavy atom. The summed E-state index contributed by atoms with van der Waals surface area (Å²) in [7, 11) is 3.95. The number of hydroxylamine groups is 1. The van der Waals surface area contributed by atoms with Crippen molar-refractivity contribution in [3.8, 4) is 0 Å². The number of anilines is 3. The summed E-state index contributed by atoms with van der Waals surface area (Å²) in [6.45, 7) is 1.81. The van der Waals surface area contributed by atoms with E-state index in [1.54, 1.807) is 30.2 Å². The first kappa shape index (κ1) is 21.5. The maximum absolute atomic E-state index is 13.7. The molecule has 0 unspecified atom stereocenters. The average Bonchev–Trinajstić information content (AvgIpc) is 3.33. The molecule has 2 saturated heterocycles. The Labute approximate surface area is 197 Å². The number of carbonyl (C=O) groups excluding carboxylic acids is 2. The van der Waals surface area contributed by atoms with Crippen LogP contribution in [0.1, 0.15) is 17.2 Å². The highest BCUT2D eigenvalue weighted by Crippen LogP contribution is 2.48. The molecule has 3 atom stereocenters. The molecule has 2 amide bonds. The normalized spacial score (nSPS) is 22.1. The van der Waals surface area contributed by atoms with Crippen molar-refractivity contribution in [3.05, 3.63) is 88.9 Å². The first-order valence-corrected chi connectivity index (χ1v) is 11.2. The molecule has 0 spiro atoms. The zero-order chi connectivity index (χ0) is 23.3. The second-order valence-electron chi connectivity index (χ2n) is 8.54. The van der Waals surface area contributed by atoms with Crippen LogP contribution in [0.3, 0.4) is 0 Å². The van der Waals surface area contributed by atoms with Crippen LogP contribution in [0.15, 0.2) is 72.8 Å². The summed E-state index contributed by atoms with van der Waals surface area (Å²) >= 11 is 6.28. The standard InChI is InChI=1S/C26H24ClN3O3/c1-16-20(27)10-7-11-21(16)29-25(31)22-23(17-12-14-18(15-13-17)28(2)3)30(33-24(22)26(29)32)19-8-5-4-6-9-19/h4-15,22-24H,1-3H3/t22-,23+,24+/m1/s1. The van der Waals surface area contributed by atoms with Gasteiger partial charge in [-0.25, -0.2) is 9.96 Å². The van der Waals surface area contributed by atoms with Crippen molar-refractivity contribution in [2.75, 3.05) is 29.0 Å². The molecule has 0 bridgehead atoms. The van der Waals surface area contributed by atoms with Gasteiger partial charge in [0, 0.05) is 24.8 Å². The van der Waals surface area contributed by atoms with Gasteiger partial charge in [-0.3, -0.25) is 14.4 Å². The zero-order valence-electron chi connectivity index (χ0n) is 18.6. The topological polar surface area (TPSA) is 53.1 Å². The van der Waals surface area contributed by atoms with Crippen LogP contribution in [0.5, 0.6) is 0 Å². The SMILES string of the molecule is Cc1c(Cl)cccc1N1C(=O)[C@H]2[C@H](ON(c3ccccc3)[C@H]2c2ccc(N(C)C)cc2)C1=O. The molecule has 2 aliphatic heterocycles. The maximum atomic E-state index is 13.7. The number of para-hydroxylation sites is 1. The molecule has 3 aromatic rings. The lowest BCUT2D eigenvalue weighted by Gasteiger charge is -2.29. The summed E-state index contributed by atoms with van der Waals surface area (Å²) in [5, 5.41) is 2.21. The van der Waals surface area contributed by atoms with Gasteiger partial charge < -0.3 is 4.90 Å². The van der Waals surface area contributed by atoms with E-state index in [0.717, 1.165) is 16.9 Å². The van der Waals surface area contributed by atoms with E-state index in [4.69, 9.17) is 16.4 Å². The predicted octanol–water partition coefficient (Wildman–Crippen LogP) is 4.77. The number of nitrogens with zero attached hydrogens (tertiary/aromatic N) is 3. The van der Waals surface area contributed by atoms with E-state index in [1.165, 1.54) is 4.90 Å². The smallest absolute Gasteiger partial charge is 0.266 e. The Kier molecular flexibility index (Phi) is 5.35. The fourth-order valence-electron chi connectivity index (χ4n) is 4.60. The summed E-state index contributed by atoms with van der Waals surface area (Å²) in [6, 6.07) is 22.3. The first-order chi connectivity index (χ1) is 15.9. The Morgan fingerprint density at radius 1 is 0.879 bits per heavy atom. The molecule has 0 aromatic heterocycles. The summed E-state index contributed by atoms with van der Waals surface area (Å²) in [5.41, 5.74) is 3.93. The van der Waals surface area contributed by atoms with Gasteiger partial charge in [0.05, 0.1) is 17.4 Å². The quantitative estimate of drug-likeness (QED) is 0.524. The van der Waals surface area contributed by atoms with Gasteiger partial charge in [0.2, 0.25) is 5.91 Å². The second kappa shape index (κ2) is 8.21. The number of benzene rings is 3. The predicted molar refractivity (Wildman–Crippen MR) is 129 cm³/mol. The Morgan fingerprint density at radius 3 is 2.24 bits per heavy atom. The minimum atomic E-state index is -0.908. The van der Waals surface area contributed by atoms with Crippen LogP contribution < -0.4 is 14.9 Å². The molecule has 0 aliphatic carbocycles. The molecular weight excluding hydrogens is 438 g/mol. The lowest BCUT2D eigenvalue weighted by molar-refractivity contribution is -0.126. The Hall–Kier alpha value is -3.35. The van der Waals surface area contributed by atoms with Crippen LogP contribution in [0, 0.1) is 12.8 Å². The molecule has 5 rings (SSSR count). The van der Waals surface area contributed by atoms with Crippen LogP contribution >= 0.6 is 11.6 Å². The summed E-state index contributed by atoms with van der Waals surface area (Å²) in [4.78, 5) is 36.7. The number of carbonyl (C=O) groups is 2. The van der Waals surface area contributed by atoms with Gasteiger partial charge in [-0.15, -0.1) is 0 Å². The molecule has 2 heterocycles. The van der Waals surface area contributed by atoms with Crippen LogP contribution in [0.2, 0.25) is 5.02 Å². The summed E-state index contributed by atoms with van der Waals surface area (Å²) in [6.07, 6.45) is -0.908. The molecule has 0 saturated carbocycles. The molecule has 2 fully saturated rings.